The first kappa shape index (κ1) is 38.1. The SMILES string of the molecule is CC[CH-]c1ccc(C)cc1.CC[CH-]c1ccc(C)cc1.CC[CH-]c1ccc(C)cc1.CC[CH-]c1ccc(C)cc1.[Ti+4]. The van der Waals surface area contributed by atoms with Crippen molar-refractivity contribution >= 4 is 0 Å². The minimum absolute atomic E-state index is 0. The van der Waals surface area contributed by atoms with Crippen LogP contribution in [0.3, 0.4) is 0 Å². The van der Waals surface area contributed by atoms with E-state index in [-0.39, 0.29) is 21.7 Å². The van der Waals surface area contributed by atoms with Crippen molar-refractivity contribution in [3.8, 4) is 0 Å². The molecule has 0 saturated heterocycles. The Morgan fingerprint density at radius 2 is 0.463 bits per heavy atom. The molecular weight excluding hydrogens is 528 g/mol. The summed E-state index contributed by atoms with van der Waals surface area (Å²) in [5.41, 5.74) is 10.6. The predicted molar refractivity (Wildman–Crippen MR) is 179 cm³/mol. The number of hydrogen-bond acceptors (Lipinski definition) is 0. The average Bonchev–Trinajstić information content (AvgIpc) is 2.96. The van der Waals surface area contributed by atoms with Gasteiger partial charge in [0.2, 0.25) is 0 Å². The van der Waals surface area contributed by atoms with Crippen molar-refractivity contribution in [2.75, 3.05) is 0 Å². The van der Waals surface area contributed by atoms with Gasteiger partial charge in [0.1, 0.15) is 0 Å². The van der Waals surface area contributed by atoms with E-state index >= 15 is 0 Å². The Balaban J connectivity index is 0.000000516. The Labute approximate surface area is 268 Å². The van der Waals surface area contributed by atoms with E-state index in [1.807, 2.05) is 0 Å². The van der Waals surface area contributed by atoms with Crippen molar-refractivity contribution < 1.29 is 21.7 Å². The zero-order chi connectivity index (χ0) is 29.6. The molecule has 0 spiro atoms. The first-order valence-electron chi connectivity index (χ1n) is 14.9. The van der Waals surface area contributed by atoms with Gasteiger partial charge in [-0.05, 0) is 27.7 Å². The Morgan fingerprint density at radius 3 is 0.585 bits per heavy atom. The second-order valence-electron chi connectivity index (χ2n) is 10.1. The Hall–Kier alpha value is -2.93. The Bertz CT molecular complexity index is 932. The van der Waals surface area contributed by atoms with E-state index in [2.05, 4.69) is 178 Å². The van der Waals surface area contributed by atoms with Crippen molar-refractivity contribution in [2.45, 2.75) is 81.1 Å². The summed E-state index contributed by atoms with van der Waals surface area (Å²) in [6.45, 7) is 17.0. The number of rotatable bonds is 8. The van der Waals surface area contributed by atoms with Gasteiger partial charge in [-0.25, -0.2) is 0 Å². The summed E-state index contributed by atoms with van der Waals surface area (Å²) in [4.78, 5) is 0. The zero-order valence-corrected chi connectivity index (χ0v) is 28.4. The van der Waals surface area contributed by atoms with Gasteiger partial charge in [0.25, 0.3) is 0 Å². The van der Waals surface area contributed by atoms with Gasteiger partial charge in [-0.3, -0.25) is 0 Å². The maximum atomic E-state index is 2.22. The normalized spacial score (nSPS) is 9.17. The molecule has 41 heavy (non-hydrogen) atoms. The second kappa shape index (κ2) is 23.7. The van der Waals surface area contributed by atoms with Gasteiger partial charge in [-0.15, -0.1) is 48.5 Å². The quantitative estimate of drug-likeness (QED) is 0.144. The summed E-state index contributed by atoms with van der Waals surface area (Å²) >= 11 is 0. The molecule has 0 amide bonds. The van der Waals surface area contributed by atoms with Crippen LogP contribution in [0.15, 0.2) is 97.1 Å². The van der Waals surface area contributed by atoms with Crippen molar-refractivity contribution in [2.24, 2.45) is 0 Å². The summed E-state index contributed by atoms with van der Waals surface area (Å²) in [6, 6.07) is 34.3. The van der Waals surface area contributed by atoms with Gasteiger partial charge in [0.05, 0.1) is 0 Å². The number of benzene rings is 4. The van der Waals surface area contributed by atoms with Gasteiger partial charge in [0, 0.05) is 0 Å². The maximum Gasteiger partial charge on any atom is 4.00 e. The third-order valence-electron chi connectivity index (χ3n) is 6.07. The monoisotopic (exact) mass is 580 g/mol. The van der Waals surface area contributed by atoms with Gasteiger partial charge < -0.3 is 0 Å². The molecule has 0 atom stereocenters. The molecule has 4 aromatic carbocycles. The van der Waals surface area contributed by atoms with Crippen LogP contribution >= 0.6 is 0 Å². The molecule has 0 aromatic heterocycles. The molecule has 0 saturated carbocycles. The third-order valence-corrected chi connectivity index (χ3v) is 6.07. The topological polar surface area (TPSA) is 0 Å². The van der Waals surface area contributed by atoms with Crippen LogP contribution in [0.2, 0.25) is 0 Å². The van der Waals surface area contributed by atoms with Crippen molar-refractivity contribution in [3.63, 3.8) is 0 Å². The zero-order valence-electron chi connectivity index (χ0n) is 26.9. The molecule has 0 aliphatic rings. The molecule has 0 radical (unpaired) electrons. The van der Waals surface area contributed by atoms with Gasteiger partial charge >= 0.3 is 21.7 Å². The van der Waals surface area contributed by atoms with Crippen LogP contribution in [0, 0.1) is 53.4 Å². The summed E-state index contributed by atoms with van der Waals surface area (Å²) < 4.78 is 0. The molecule has 4 aromatic rings. The van der Waals surface area contributed by atoms with Crippen molar-refractivity contribution in [3.05, 3.63) is 167 Å². The summed E-state index contributed by atoms with van der Waals surface area (Å²) in [6.07, 6.45) is 13.3. The molecule has 0 heterocycles. The largest absolute Gasteiger partial charge is 4.00 e. The van der Waals surface area contributed by atoms with Crippen LogP contribution in [0.25, 0.3) is 0 Å². The molecular formula is C40H52Ti. The van der Waals surface area contributed by atoms with Crippen LogP contribution < -0.4 is 0 Å². The molecule has 0 N–H and O–H groups in total. The minimum atomic E-state index is 0. The summed E-state index contributed by atoms with van der Waals surface area (Å²) in [7, 11) is 0. The first-order chi connectivity index (χ1) is 19.3. The van der Waals surface area contributed by atoms with Crippen LogP contribution in [0.1, 0.15) is 97.9 Å². The van der Waals surface area contributed by atoms with Crippen LogP contribution in [-0.2, 0) is 21.7 Å². The molecule has 0 unspecified atom stereocenters. The van der Waals surface area contributed by atoms with Gasteiger partial charge in [-0.1, -0.05) is 75.6 Å². The minimum Gasteiger partial charge on any atom is -0.192 e. The van der Waals surface area contributed by atoms with Gasteiger partial charge in [0.15, 0.2) is 0 Å². The van der Waals surface area contributed by atoms with E-state index in [0.717, 1.165) is 25.7 Å². The third kappa shape index (κ3) is 18.9. The smallest absolute Gasteiger partial charge is 0.192 e. The molecule has 0 bridgehead atoms. The molecule has 0 aliphatic heterocycles. The second-order valence-corrected chi connectivity index (χ2v) is 10.1. The molecule has 0 aliphatic carbocycles. The fraction of sp³-hybridized carbons (Fsp3) is 0.300. The molecule has 0 nitrogen and oxygen atoms in total. The van der Waals surface area contributed by atoms with Crippen LogP contribution in [0.4, 0.5) is 0 Å². The summed E-state index contributed by atoms with van der Waals surface area (Å²) in [5.74, 6) is 0. The number of aryl methyl sites for hydroxylation is 4. The molecule has 1 heteroatoms. The van der Waals surface area contributed by atoms with E-state index in [1.54, 1.807) is 0 Å². The summed E-state index contributed by atoms with van der Waals surface area (Å²) in [5, 5.41) is 0. The van der Waals surface area contributed by atoms with E-state index in [4.69, 9.17) is 0 Å². The average molecular weight is 581 g/mol. The molecule has 0 fully saturated rings. The molecule has 216 valence electrons. The fourth-order valence-electron chi connectivity index (χ4n) is 3.75. The Kier molecular flexibility index (Phi) is 22.1. The van der Waals surface area contributed by atoms with Crippen LogP contribution in [-0.4, -0.2) is 0 Å². The number of hydrogen-bond donors (Lipinski definition) is 0. The predicted octanol–water partition coefficient (Wildman–Crippen LogP) is 11.8. The van der Waals surface area contributed by atoms with E-state index in [1.165, 1.54) is 44.5 Å². The molecule has 4 rings (SSSR count). The van der Waals surface area contributed by atoms with E-state index in [0.29, 0.717) is 0 Å². The van der Waals surface area contributed by atoms with E-state index in [9.17, 15) is 0 Å². The maximum absolute atomic E-state index is 2.22. The van der Waals surface area contributed by atoms with Crippen molar-refractivity contribution in [1.82, 2.24) is 0 Å². The van der Waals surface area contributed by atoms with Crippen molar-refractivity contribution in [1.29, 1.82) is 0 Å². The fourth-order valence-corrected chi connectivity index (χ4v) is 3.75. The van der Waals surface area contributed by atoms with Gasteiger partial charge in [-0.2, -0.15) is 96.5 Å². The van der Waals surface area contributed by atoms with Crippen LogP contribution in [0.5, 0.6) is 0 Å². The first-order valence-corrected chi connectivity index (χ1v) is 14.9. The standard InChI is InChI=1S/4C10H13.Ti/c4*1-3-4-10-7-5-9(2)6-8-10;/h4*4-8H,3H2,1-2H3;/q4*-1;+4. The van der Waals surface area contributed by atoms with E-state index < -0.39 is 0 Å². The Morgan fingerprint density at radius 1 is 0.317 bits per heavy atom.